The molecule has 1 aliphatic carbocycles. The summed E-state index contributed by atoms with van der Waals surface area (Å²) in [7, 11) is 0. The Labute approximate surface area is 312 Å². The number of oxazole rings is 1. The van der Waals surface area contributed by atoms with Crippen LogP contribution in [0.3, 0.4) is 0 Å². The lowest BCUT2D eigenvalue weighted by atomic mass is 9.67. The van der Waals surface area contributed by atoms with Crippen molar-refractivity contribution in [3.05, 3.63) is 210 Å². The Morgan fingerprint density at radius 1 is 0.426 bits per heavy atom. The first-order valence-electron chi connectivity index (χ1n) is 18.3. The van der Waals surface area contributed by atoms with Crippen LogP contribution in [0.2, 0.25) is 0 Å². The van der Waals surface area contributed by atoms with E-state index in [1.807, 2.05) is 36.4 Å². The van der Waals surface area contributed by atoms with Crippen LogP contribution in [0.1, 0.15) is 22.3 Å². The molecule has 0 amide bonds. The number of hydrogen-bond donors (Lipinski definition) is 0. The third-order valence-electron chi connectivity index (χ3n) is 11.0. The number of hydrogen-bond acceptors (Lipinski definition) is 4. The summed E-state index contributed by atoms with van der Waals surface area (Å²) in [4.78, 5) is 15.4. The van der Waals surface area contributed by atoms with E-state index in [2.05, 4.69) is 152 Å². The smallest absolute Gasteiger partial charge is 0.227 e. The third kappa shape index (κ3) is 4.53. The molecule has 0 spiro atoms. The zero-order chi connectivity index (χ0) is 35.6. The maximum absolute atomic E-state index is 6.47. The molecule has 0 bridgehead atoms. The minimum absolute atomic E-state index is 0.599. The van der Waals surface area contributed by atoms with Crippen molar-refractivity contribution in [2.75, 3.05) is 0 Å². The average Bonchev–Trinajstić information content (AvgIpc) is 3.81. The van der Waals surface area contributed by atoms with Gasteiger partial charge in [-0.15, -0.1) is 0 Å². The number of benzene rings is 8. The van der Waals surface area contributed by atoms with E-state index in [1.165, 1.54) is 27.6 Å². The van der Waals surface area contributed by atoms with E-state index in [-0.39, 0.29) is 0 Å². The van der Waals surface area contributed by atoms with Crippen LogP contribution in [0.15, 0.2) is 192 Å². The molecule has 2 heterocycles. The van der Waals surface area contributed by atoms with Crippen LogP contribution in [0.25, 0.3) is 78.0 Å². The van der Waals surface area contributed by atoms with E-state index in [9.17, 15) is 0 Å². The number of aromatic nitrogens is 3. The maximum atomic E-state index is 6.47. The van der Waals surface area contributed by atoms with E-state index in [4.69, 9.17) is 19.4 Å². The van der Waals surface area contributed by atoms with Crippen molar-refractivity contribution in [3.63, 3.8) is 0 Å². The topological polar surface area (TPSA) is 51.8 Å². The summed E-state index contributed by atoms with van der Waals surface area (Å²) in [5.41, 5.74) is 13.0. The second-order valence-corrected chi connectivity index (χ2v) is 13.9. The molecule has 252 valence electrons. The van der Waals surface area contributed by atoms with Gasteiger partial charge < -0.3 is 4.42 Å². The Morgan fingerprint density at radius 3 is 1.78 bits per heavy atom. The van der Waals surface area contributed by atoms with E-state index < -0.39 is 5.41 Å². The lowest BCUT2D eigenvalue weighted by Crippen LogP contribution is -2.28. The van der Waals surface area contributed by atoms with Gasteiger partial charge in [0.25, 0.3) is 0 Å². The molecule has 0 unspecified atom stereocenters. The number of rotatable bonds is 5. The summed E-state index contributed by atoms with van der Waals surface area (Å²) in [6.07, 6.45) is 0. The normalized spacial score (nSPS) is 13.0. The number of nitrogens with zero attached hydrogens (tertiary/aromatic N) is 3. The fraction of sp³-hybridized carbons (Fsp3) is 0.0200. The van der Waals surface area contributed by atoms with Crippen molar-refractivity contribution in [1.29, 1.82) is 0 Å². The van der Waals surface area contributed by atoms with Crippen LogP contribution in [0, 0.1) is 0 Å². The molecule has 0 radical (unpaired) electrons. The standard InChI is InChI=1S/C50H31N3O/c1-3-14-33(15-4-1)47-46-38-18-8-7-13-32(38)25-29-44(46)51-48(53-47)34-23-26-36(27-24-34)50(41-21-11-9-19-39(41)40-20-10-12-22-42(40)50)37-28-30-43-45(31-37)54-49(52-43)35-16-5-2-6-17-35/h1-31H. The summed E-state index contributed by atoms with van der Waals surface area (Å²) >= 11 is 0. The highest BCUT2D eigenvalue weighted by molar-refractivity contribution is 6.12. The molecular formula is C50H31N3O. The first kappa shape index (κ1) is 30.5. The summed E-state index contributed by atoms with van der Waals surface area (Å²) < 4.78 is 6.47. The van der Waals surface area contributed by atoms with Gasteiger partial charge in [-0.05, 0) is 74.5 Å². The Balaban J connectivity index is 1.11. The maximum Gasteiger partial charge on any atom is 0.227 e. The van der Waals surface area contributed by atoms with Crippen LogP contribution < -0.4 is 0 Å². The van der Waals surface area contributed by atoms with Gasteiger partial charge in [0.2, 0.25) is 5.89 Å². The monoisotopic (exact) mass is 689 g/mol. The summed E-state index contributed by atoms with van der Waals surface area (Å²) in [6.45, 7) is 0. The fourth-order valence-electron chi connectivity index (χ4n) is 8.59. The summed E-state index contributed by atoms with van der Waals surface area (Å²) in [5.74, 6) is 1.31. The molecule has 8 aromatic carbocycles. The molecule has 54 heavy (non-hydrogen) atoms. The van der Waals surface area contributed by atoms with Gasteiger partial charge in [-0.25, -0.2) is 15.0 Å². The predicted molar refractivity (Wildman–Crippen MR) is 218 cm³/mol. The molecule has 4 nitrogen and oxygen atoms in total. The molecule has 0 fully saturated rings. The van der Waals surface area contributed by atoms with Crippen molar-refractivity contribution in [2.24, 2.45) is 0 Å². The lowest BCUT2D eigenvalue weighted by molar-refractivity contribution is 0.618. The highest BCUT2D eigenvalue weighted by Gasteiger charge is 2.46. The lowest BCUT2D eigenvalue weighted by Gasteiger charge is -2.33. The SMILES string of the molecule is c1ccc(-c2nc3ccc(C4(c5ccc(-c6nc(-c7ccccc7)c7c(ccc8ccccc87)n6)cc5)c5ccccc5-c5ccccc54)cc3o2)cc1. The van der Waals surface area contributed by atoms with Gasteiger partial charge in [0.05, 0.1) is 16.6 Å². The molecular weight excluding hydrogens is 659 g/mol. The van der Waals surface area contributed by atoms with Crippen molar-refractivity contribution < 1.29 is 4.42 Å². The molecule has 0 saturated carbocycles. The van der Waals surface area contributed by atoms with Gasteiger partial charge in [-0.3, -0.25) is 0 Å². The van der Waals surface area contributed by atoms with E-state index >= 15 is 0 Å². The zero-order valence-electron chi connectivity index (χ0n) is 29.1. The molecule has 4 heteroatoms. The largest absolute Gasteiger partial charge is 0.436 e. The van der Waals surface area contributed by atoms with Gasteiger partial charge in [0.1, 0.15) is 5.52 Å². The van der Waals surface area contributed by atoms with Gasteiger partial charge in [0, 0.05) is 22.1 Å². The van der Waals surface area contributed by atoms with Crippen molar-refractivity contribution in [3.8, 4) is 45.2 Å². The fourth-order valence-corrected chi connectivity index (χ4v) is 8.59. The molecule has 0 saturated heterocycles. The quantitative estimate of drug-likeness (QED) is 0.169. The Hall–Kier alpha value is -7.17. The van der Waals surface area contributed by atoms with Crippen molar-refractivity contribution >= 4 is 32.8 Å². The molecule has 1 aliphatic rings. The van der Waals surface area contributed by atoms with Gasteiger partial charge in [0.15, 0.2) is 11.4 Å². The third-order valence-corrected chi connectivity index (χ3v) is 11.0. The molecule has 2 aromatic heterocycles. The molecule has 0 atom stereocenters. The Bertz CT molecular complexity index is 2990. The second kappa shape index (κ2) is 11.9. The van der Waals surface area contributed by atoms with Crippen LogP contribution >= 0.6 is 0 Å². The van der Waals surface area contributed by atoms with Gasteiger partial charge >= 0.3 is 0 Å². The van der Waals surface area contributed by atoms with Crippen molar-refractivity contribution in [2.45, 2.75) is 5.41 Å². The first-order chi connectivity index (χ1) is 26.8. The van der Waals surface area contributed by atoms with E-state index in [1.54, 1.807) is 0 Å². The summed E-state index contributed by atoms with van der Waals surface area (Å²) in [6, 6.07) is 66.2. The number of fused-ring (bicyclic) bond motifs is 7. The van der Waals surface area contributed by atoms with Crippen LogP contribution in [-0.4, -0.2) is 15.0 Å². The highest BCUT2D eigenvalue weighted by atomic mass is 16.3. The Morgan fingerprint density at radius 2 is 1.04 bits per heavy atom. The summed E-state index contributed by atoms with van der Waals surface area (Å²) in [5, 5.41) is 3.39. The molecule has 10 aromatic rings. The van der Waals surface area contributed by atoms with Gasteiger partial charge in [-0.2, -0.15) is 0 Å². The first-order valence-corrected chi connectivity index (χ1v) is 18.3. The predicted octanol–water partition coefficient (Wildman–Crippen LogP) is 12.3. The van der Waals surface area contributed by atoms with Crippen LogP contribution in [0.5, 0.6) is 0 Å². The van der Waals surface area contributed by atoms with E-state index in [0.29, 0.717) is 11.7 Å². The van der Waals surface area contributed by atoms with Crippen LogP contribution in [-0.2, 0) is 5.41 Å². The second-order valence-electron chi connectivity index (χ2n) is 13.9. The van der Waals surface area contributed by atoms with Crippen LogP contribution in [0.4, 0.5) is 0 Å². The van der Waals surface area contributed by atoms with E-state index in [0.717, 1.165) is 60.9 Å². The molecule has 0 aliphatic heterocycles. The minimum atomic E-state index is -0.599. The molecule has 11 rings (SSSR count). The average molecular weight is 690 g/mol. The van der Waals surface area contributed by atoms with Crippen molar-refractivity contribution in [1.82, 2.24) is 15.0 Å². The minimum Gasteiger partial charge on any atom is -0.436 e. The van der Waals surface area contributed by atoms with Gasteiger partial charge in [-0.1, -0.05) is 158 Å². The highest BCUT2D eigenvalue weighted by Crippen LogP contribution is 2.56. The molecule has 0 N–H and O–H groups in total. The Kier molecular flexibility index (Phi) is 6.73. The zero-order valence-corrected chi connectivity index (χ0v) is 29.1.